The van der Waals surface area contributed by atoms with E-state index in [9.17, 15) is 0 Å². The van der Waals surface area contributed by atoms with Crippen molar-refractivity contribution in [1.82, 2.24) is 9.97 Å². The lowest BCUT2D eigenvalue weighted by molar-refractivity contribution is 0.284. The van der Waals surface area contributed by atoms with Gasteiger partial charge in [0.15, 0.2) is 11.5 Å². The highest BCUT2D eigenvalue weighted by atomic mass is 16.5. The molecule has 5 heteroatoms. The summed E-state index contributed by atoms with van der Waals surface area (Å²) in [6, 6.07) is 15.6. The van der Waals surface area contributed by atoms with E-state index >= 15 is 0 Å². The van der Waals surface area contributed by atoms with Gasteiger partial charge in [-0.25, -0.2) is 9.97 Å². The van der Waals surface area contributed by atoms with Crippen molar-refractivity contribution in [1.29, 1.82) is 0 Å². The number of nitrogen functional groups attached to an aromatic ring is 1. The summed E-state index contributed by atoms with van der Waals surface area (Å²) in [5.41, 5.74) is 8.64. The van der Waals surface area contributed by atoms with Crippen LogP contribution in [0.5, 0.6) is 11.5 Å². The Kier molecular flexibility index (Phi) is 4.38. The van der Waals surface area contributed by atoms with Gasteiger partial charge in [0.05, 0.1) is 7.11 Å². The average Bonchev–Trinajstić information content (AvgIpc) is 2.61. The Hall–Kier alpha value is -3.08. The minimum Gasteiger partial charge on any atom is -0.493 e. The van der Waals surface area contributed by atoms with E-state index in [-0.39, 0.29) is 0 Å². The van der Waals surface area contributed by atoms with Crippen LogP contribution < -0.4 is 15.2 Å². The van der Waals surface area contributed by atoms with Crippen LogP contribution in [0.15, 0.2) is 61.1 Å². The van der Waals surface area contributed by atoms with Crippen LogP contribution in [-0.2, 0) is 6.61 Å². The lowest BCUT2D eigenvalue weighted by atomic mass is 10.1. The molecule has 0 fully saturated rings. The number of nitrogens with zero attached hydrogens (tertiary/aromatic N) is 2. The standard InChI is InChI=1S/C18H17N3O2/c1-22-17-9-14(15-10-20-12-21-18(15)19)7-8-16(17)23-11-13-5-3-2-4-6-13/h2-10,12H,11H2,1H3,(H2,19,20,21). The van der Waals surface area contributed by atoms with Gasteiger partial charge in [0.1, 0.15) is 18.8 Å². The molecule has 5 nitrogen and oxygen atoms in total. The number of nitrogens with two attached hydrogens (primary N) is 1. The van der Waals surface area contributed by atoms with Gasteiger partial charge in [-0.2, -0.15) is 0 Å². The molecule has 0 saturated carbocycles. The smallest absolute Gasteiger partial charge is 0.161 e. The fourth-order valence-corrected chi connectivity index (χ4v) is 2.25. The normalized spacial score (nSPS) is 10.3. The Morgan fingerprint density at radius 1 is 1.04 bits per heavy atom. The van der Waals surface area contributed by atoms with Crippen LogP contribution in [0.1, 0.15) is 5.56 Å². The molecular weight excluding hydrogens is 290 g/mol. The maximum atomic E-state index is 5.89. The van der Waals surface area contributed by atoms with Gasteiger partial charge in [-0.15, -0.1) is 0 Å². The zero-order chi connectivity index (χ0) is 16.1. The van der Waals surface area contributed by atoms with Crippen LogP contribution in [0.2, 0.25) is 0 Å². The lowest BCUT2D eigenvalue weighted by Gasteiger charge is -2.13. The Labute approximate surface area is 134 Å². The van der Waals surface area contributed by atoms with Gasteiger partial charge in [-0.05, 0) is 23.3 Å². The molecule has 0 aliphatic rings. The van der Waals surface area contributed by atoms with Gasteiger partial charge in [0.25, 0.3) is 0 Å². The second-order valence-corrected chi connectivity index (χ2v) is 4.96. The van der Waals surface area contributed by atoms with E-state index in [1.165, 1.54) is 6.33 Å². The van der Waals surface area contributed by atoms with Crippen LogP contribution in [0, 0.1) is 0 Å². The molecule has 3 aromatic rings. The van der Waals surface area contributed by atoms with Crippen LogP contribution in [0.4, 0.5) is 5.82 Å². The average molecular weight is 307 g/mol. The van der Waals surface area contributed by atoms with Gasteiger partial charge >= 0.3 is 0 Å². The third kappa shape index (κ3) is 3.40. The number of benzene rings is 2. The fraction of sp³-hybridized carbons (Fsp3) is 0.111. The van der Waals surface area contributed by atoms with E-state index < -0.39 is 0 Å². The first-order valence-corrected chi connectivity index (χ1v) is 7.18. The Morgan fingerprint density at radius 3 is 2.61 bits per heavy atom. The number of hydrogen-bond acceptors (Lipinski definition) is 5. The maximum absolute atomic E-state index is 5.89. The fourth-order valence-electron chi connectivity index (χ4n) is 2.25. The van der Waals surface area contributed by atoms with Gasteiger partial charge in [0, 0.05) is 11.8 Å². The molecule has 0 aliphatic heterocycles. The molecule has 0 bridgehead atoms. The summed E-state index contributed by atoms with van der Waals surface area (Å²) in [4.78, 5) is 8.02. The molecule has 0 amide bonds. The second kappa shape index (κ2) is 6.79. The van der Waals surface area contributed by atoms with Crippen molar-refractivity contribution in [2.24, 2.45) is 0 Å². The van der Waals surface area contributed by atoms with Gasteiger partial charge in [-0.1, -0.05) is 36.4 Å². The highest BCUT2D eigenvalue weighted by Crippen LogP contribution is 2.34. The Morgan fingerprint density at radius 2 is 1.87 bits per heavy atom. The van der Waals surface area contributed by atoms with E-state index in [4.69, 9.17) is 15.2 Å². The minimum atomic E-state index is 0.431. The first-order valence-electron chi connectivity index (χ1n) is 7.18. The van der Waals surface area contributed by atoms with Crippen molar-refractivity contribution >= 4 is 5.82 Å². The van der Waals surface area contributed by atoms with Crippen molar-refractivity contribution in [3.63, 3.8) is 0 Å². The molecule has 0 aliphatic carbocycles. The van der Waals surface area contributed by atoms with E-state index in [1.54, 1.807) is 13.3 Å². The number of ether oxygens (including phenoxy) is 2. The van der Waals surface area contributed by atoms with Gasteiger partial charge < -0.3 is 15.2 Å². The quantitative estimate of drug-likeness (QED) is 0.783. The number of hydrogen-bond donors (Lipinski definition) is 1. The third-order valence-corrected chi connectivity index (χ3v) is 3.45. The summed E-state index contributed by atoms with van der Waals surface area (Å²) in [6.07, 6.45) is 3.11. The molecular formula is C18H17N3O2. The highest BCUT2D eigenvalue weighted by Gasteiger charge is 2.10. The first-order chi connectivity index (χ1) is 11.3. The van der Waals surface area contributed by atoms with Crippen molar-refractivity contribution in [2.45, 2.75) is 6.61 Å². The third-order valence-electron chi connectivity index (χ3n) is 3.45. The van der Waals surface area contributed by atoms with Crippen molar-refractivity contribution in [3.8, 4) is 22.6 Å². The van der Waals surface area contributed by atoms with E-state index in [1.807, 2.05) is 48.5 Å². The summed E-state index contributed by atoms with van der Waals surface area (Å²) in [5.74, 6) is 1.75. The van der Waals surface area contributed by atoms with Crippen LogP contribution in [0.25, 0.3) is 11.1 Å². The van der Waals surface area contributed by atoms with E-state index in [0.717, 1.165) is 16.7 Å². The van der Waals surface area contributed by atoms with Crippen LogP contribution >= 0.6 is 0 Å². The molecule has 2 aromatic carbocycles. The molecule has 0 atom stereocenters. The number of anilines is 1. The van der Waals surface area contributed by atoms with Crippen LogP contribution in [0.3, 0.4) is 0 Å². The van der Waals surface area contributed by atoms with E-state index in [0.29, 0.717) is 23.9 Å². The summed E-state index contributed by atoms with van der Waals surface area (Å²) < 4.78 is 11.3. The molecule has 23 heavy (non-hydrogen) atoms. The molecule has 2 N–H and O–H groups in total. The summed E-state index contributed by atoms with van der Waals surface area (Å²) >= 11 is 0. The largest absolute Gasteiger partial charge is 0.493 e. The molecule has 1 aromatic heterocycles. The Balaban J connectivity index is 1.84. The second-order valence-electron chi connectivity index (χ2n) is 4.96. The molecule has 116 valence electrons. The minimum absolute atomic E-state index is 0.431. The predicted molar refractivity (Wildman–Crippen MR) is 89.2 cm³/mol. The summed E-state index contributed by atoms with van der Waals surface area (Å²) in [6.45, 7) is 0.479. The van der Waals surface area contributed by atoms with Gasteiger partial charge in [0.2, 0.25) is 0 Å². The molecule has 0 radical (unpaired) electrons. The number of methoxy groups -OCH3 is 1. The van der Waals surface area contributed by atoms with Crippen molar-refractivity contribution in [3.05, 3.63) is 66.6 Å². The van der Waals surface area contributed by atoms with Gasteiger partial charge in [-0.3, -0.25) is 0 Å². The molecule has 0 unspecified atom stereocenters. The molecule has 0 spiro atoms. The first kappa shape index (κ1) is 14.8. The zero-order valence-corrected chi connectivity index (χ0v) is 12.8. The van der Waals surface area contributed by atoms with Crippen molar-refractivity contribution in [2.75, 3.05) is 12.8 Å². The van der Waals surface area contributed by atoms with Crippen LogP contribution in [-0.4, -0.2) is 17.1 Å². The topological polar surface area (TPSA) is 70.3 Å². The molecule has 3 rings (SSSR count). The van der Waals surface area contributed by atoms with E-state index in [2.05, 4.69) is 9.97 Å². The number of aromatic nitrogens is 2. The Bertz CT molecular complexity index is 791. The highest BCUT2D eigenvalue weighted by molar-refractivity contribution is 5.74. The summed E-state index contributed by atoms with van der Waals surface area (Å²) in [5, 5.41) is 0. The van der Waals surface area contributed by atoms with Crippen molar-refractivity contribution < 1.29 is 9.47 Å². The number of rotatable bonds is 5. The SMILES string of the molecule is COc1cc(-c2cncnc2N)ccc1OCc1ccccc1. The molecule has 1 heterocycles. The predicted octanol–water partition coefficient (Wildman–Crippen LogP) is 3.31. The zero-order valence-electron chi connectivity index (χ0n) is 12.8. The monoisotopic (exact) mass is 307 g/mol. The summed E-state index contributed by atoms with van der Waals surface area (Å²) in [7, 11) is 1.61. The maximum Gasteiger partial charge on any atom is 0.161 e. The molecule has 0 saturated heterocycles. The lowest BCUT2D eigenvalue weighted by Crippen LogP contribution is -1.99.